The monoisotopic (exact) mass is 1540 g/mol. The van der Waals surface area contributed by atoms with Gasteiger partial charge in [-0.05, 0) is 261 Å². The molecule has 0 radical (unpaired) electrons. The second-order valence-corrected chi connectivity index (χ2v) is 34.7. The SMILES string of the molecule is Cc1c(-c2c3ccc(CC(C)C)cc3cc[n+]2C)cc(-c2ccccc2)cc1C(C)C.Cc1cc(-c2ccccc2)cc(-c2c3ccc(CC(C)C)cc3cc[n+]2C)c1C.Cc1cc(F)c(-c2ccccc2)cc1-c1c2ccc(CC(C)C)cc2cc[n+]1C.Cc1ccc(-c2ccccc2)cc1-c1c2ccc(CC(C)C)cc2cc[n+]1C. The second-order valence-electron chi connectivity index (χ2n) is 34.7. The predicted octanol–water partition coefficient (Wildman–Crippen LogP) is 27.6. The Morgan fingerprint density at radius 1 is 0.248 bits per heavy atom. The molecule has 0 amide bonds. The third kappa shape index (κ3) is 19.3. The lowest BCUT2D eigenvalue weighted by Gasteiger charge is -2.17. The van der Waals surface area contributed by atoms with Crippen molar-refractivity contribution < 1.29 is 22.7 Å². The van der Waals surface area contributed by atoms with Gasteiger partial charge in [0.15, 0.2) is 24.8 Å². The zero-order valence-electron chi connectivity index (χ0n) is 72.7. The number of aryl methyl sites for hydroxylation is 7. The Balaban J connectivity index is 0.000000136. The number of halogens is 1. The van der Waals surface area contributed by atoms with E-state index in [9.17, 15) is 4.39 Å². The van der Waals surface area contributed by atoms with Gasteiger partial charge in [0.2, 0.25) is 22.8 Å². The van der Waals surface area contributed by atoms with Crippen molar-refractivity contribution in [2.45, 2.75) is 135 Å². The summed E-state index contributed by atoms with van der Waals surface area (Å²) < 4.78 is 23.8. The zero-order chi connectivity index (χ0) is 82.9. The summed E-state index contributed by atoms with van der Waals surface area (Å²) in [4.78, 5) is 0. The molecule has 590 valence electrons. The van der Waals surface area contributed by atoms with E-state index < -0.39 is 0 Å². The first-order valence-electron chi connectivity index (χ1n) is 42.3. The van der Waals surface area contributed by atoms with Gasteiger partial charge in [-0.25, -0.2) is 22.7 Å². The van der Waals surface area contributed by atoms with Crippen molar-refractivity contribution in [2.24, 2.45) is 51.9 Å². The van der Waals surface area contributed by atoms with Crippen molar-refractivity contribution in [3.8, 4) is 89.5 Å². The minimum Gasteiger partial charge on any atom is -0.206 e. The molecule has 5 heteroatoms. The first-order chi connectivity index (χ1) is 56.2. The highest BCUT2D eigenvalue weighted by Gasteiger charge is 2.26. The molecule has 0 spiro atoms. The molecule has 0 atom stereocenters. The number of benzene rings is 12. The number of hydrogen-bond donors (Lipinski definition) is 0. The summed E-state index contributed by atoms with van der Waals surface area (Å²) >= 11 is 0. The Hall–Kier alpha value is -11.8. The summed E-state index contributed by atoms with van der Waals surface area (Å²) in [6, 6.07) is 98.2. The van der Waals surface area contributed by atoms with Crippen molar-refractivity contribution in [2.75, 3.05) is 0 Å². The number of rotatable bonds is 17. The highest BCUT2D eigenvalue weighted by Crippen LogP contribution is 2.41. The van der Waals surface area contributed by atoms with Crippen LogP contribution in [0.3, 0.4) is 0 Å². The van der Waals surface area contributed by atoms with Crippen LogP contribution in [0.2, 0.25) is 0 Å². The molecule has 0 fully saturated rings. The van der Waals surface area contributed by atoms with E-state index in [4.69, 9.17) is 0 Å². The van der Waals surface area contributed by atoms with Crippen LogP contribution in [-0.4, -0.2) is 0 Å². The van der Waals surface area contributed by atoms with Crippen molar-refractivity contribution in [1.82, 2.24) is 0 Å². The standard InChI is InChI=1S/C30H34N.C28H30N.C27H27FN.C27H28N/c1-20(2)16-23-12-13-27-25(17-23)14-15-31(6)30(27)29-19-26(24-10-8-7-9-11-24)18-28(21(3)4)22(29)5;1-19(2)15-22-11-12-26-24(17-22)13-14-29(5)28(26)27-18-25(16-20(3)21(27)4)23-9-7-6-8-10-23;1-18(2)14-20-10-11-23-22(16-20)12-13-29(4)27(23)24-17-25(26(28)15-19(24)3)21-8-6-5-7-9-21;1-19(2)16-21-11-13-25-24(17-21)14-15-28(4)27(25)26-18-23(12-10-20(26)3)22-8-6-5-7-9-22/h7-15,17-21H,16H2,1-6H3;6-14,16-19H,15H2,1-5H3;5-13,15-18H,14H2,1-4H3;5-15,17-19H,16H2,1-4H3/q4*+1. The maximum absolute atomic E-state index is 14.8. The summed E-state index contributed by atoms with van der Waals surface area (Å²) in [7, 11) is 8.52. The third-order valence-corrected chi connectivity index (χ3v) is 23.1. The summed E-state index contributed by atoms with van der Waals surface area (Å²) in [6.07, 6.45) is 13.1. The second kappa shape index (κ2) is 37.0. The third-order valence-electron chi connectivity index (χ3n) is 23.1. The molecule has 0 N–H and O–H groups in total. The highest BCUT2D eigenvalue weighted by molar-refractivity contribution is 5.99. The molecule has 4 nitrogen and oxygen atoms in total. The average molecular weight is 1540 g/mol. The van der Waals surface area contributed by atoms with Gasteiger partial charge in [-0.2, -0.15) is 0 Å². The summed E-state index contributed by atoms with van der Waals surface area (Å²) in [5, 5.41) is 10.3. The Kier molecular flexibility index (Phi) is 26.3. The molecule has 4 heterocycles. The maximum Gasteiger partial charge on any atom is 0.220 e. The van der Waals surface area contributed by atoms with Crippen molar-refractivity contribution in [3.63, 3.8) is 0 Å². The van der Waals surface area contributed by atoms with Gasteiger partial charge in [0, 0.05) is 29.8 Å². The molecule has 0 saturated heterocycles. The number of hydrogen-bond acceptors (Lipinski definition) is 0. The largest absolute Gasteiger partial charge is 0.220 e. The van der Waals surface area contributed by atoms with Crippen LogP contribution in [0, 0.1) is 64.1 Å². The molecular weight excluding hydrogens is 1420 g/mol. The molecule has 12 aromatic carbocycles. The van der Waals surface area contributed by atoms with Crippen molar-refractivity contribution in [1.29, 1.82) is 0 Å². The molecule has 16 aromatic rings. The molecule has 117 heavy (non-hydrogen) atoms. The average Bonchev–Trinajstić information content (AvgIpc) is 0.778. The summed E-state index contributed by atoms with van der Waals surface area (Å²) in [5.41, 5.74) is 32.5. The Morgan fingerprint density at radius 2 is 0.564 bits per heavy atom. The van der Waals surface area contributed by atoms with Crippen molar-refractivity contribution in [3.05, 3.63) is 359 Å². The molecule has 0 unspecified atom stereocenters. The lowest BCUT2D eigenvalue weighted by atomic mass is 9.87. The van der Waals surface area contributed by atoms with E-state index in [-0.39, 0.29) is 5.82 Å². The highest BCUT2D eigenvalue weighted by atomic mass is 19.1. The normalized spacial score (nSPS) is 11.4. The van der Waals surface area contributed by atoms with Gasteiger partial charge in [0.05, 0.1) is 43.8 Å². The Labute approximate surface area is 697 Å². The topological polar surface area (TPSA) is 15.5 Å². The number of aromatic nitrogens is 4. The van der Waals surface area contributed by atoms with E-state index in [1.54, 1.807) is 6.07 Å². The first kappa shape index (κ1) is 83.2. The molecule has 0 bridgehead atoms. The van der Waals surface area contributed by atoms with Gasteiger partial charge >= 0.3 is 0 Å². The van der Waals surface area contributed by atoms with Crippen LogP contribution in [0.25, 0.3) is 133 Å². The smallest absolute Gasteiger partial charge is 0.206 e. The van der Waals surface area contributed by atoms with Gasteiger partial charge < -0.3 is 0 Å². The molecule has 0 aliphatic heterocycles. The summed E-state index contributed by atoms with van der Waals surface area (Å²) in [5.74, 6) is 2.91. The van der Waals surface area contributed by atoms with Crippen molar-refractivity contribution >= 4 is 43.1 Å². The van der Waals surface area contributed by atoms with Crippen LogP contribution < -0.4 is 18.3 Å². The molecule has 0 aliphatic rings. The van der Waals surface area contributed by atoms with E-state index >= 15 is 0 Å². The lowest BCUT2D eigenvalue weighted by molar-refractivity contribution is -0.659. The van der Waals surface area contributed by atoms with Gasteiger partial charge in [-0.1, -0.05) is 263 Å². The van der Waals surface area contributed by atoms with Crippen LogP contribution >= 0.6 is 0 Å². The molecule has 0 aliphatic carbocycles. The molecule has 4 aromatic heterocycles. The Morgan fingerprint density at radius 3 is 0.923 bits per heavy atom. The van der Waals surface area contributed by atoms with Crippen LogP contribution in [0.5, 0.6) is 0 Å². The number of fused-ring (bicyclic) bond motifs is 4. The van der Waals surface area contributed by atoms with Gasteiger partial charge in [-0.3, -0.25) is 0 Å². The number of nitrogens with zero attached hydrogens (tertiary/aromatic N) is 4. The van der Waals surface area contributed by atoms with Gasteiger partial charge in [0.1, 0.15) is 34.0 Å². The quantitative estimate of drug-likeness (QED) is 0.0808. The molecule has 16 rings (SSSR count). The first-order valence-corrected chi connectivity index (χ1v) is 42.3. The fourth-order valence-electron chi connectivity index (χ4n) is 17.2. The summed E-state index contributed by atoms with van der Waals surface area (Å²) in [6.45, 7) is 33.7. The minimum absolute atomic E-state index is 0.181. The maximum atomic E-state index is 14.8. The zero-order valence-corrected chi connectivity index (χ0v) is 72.7. The van der Waals surface area contributed by atoms with Crippen LogP contribution in [-0.2, 0) is 53.9 Å². The van der Waals surface area contributed by atoms with Crippen LogP contribution in [0.15, 0.2) is 298 Å². The fraction of sp³-hybridized carbons (Fsp3) is 0.250. The van der Waals surface area contributed by atoms with Gasteiger partial charge in [-0.15, -0.1) is 0 Å². The Bertz CT molecular complexity index is 6210. The van der Waals surface area contributed by atoms with E-state index in [1.807, 2.05) is 43.3 Å². The fourth-order valence-corrected chi connectivity index (χ4v) is 17.2. The van der Waals surface area contributed by atoms with E-state index in [2.05, 4.69) is 399 Å². The van der Waals surface area contributed by atoms with Crippen LogP contribution in [0.4, 0.5) is 4.39 Å². The predicted molar refractivity (Wildman–Crippen MR) is 496 cm³/mol. The molecular formula is C112H119FN4+4. The lowest BCUT2D eigenvalue weighted by Crippen LogP contribution is -2.31. The van der Waals surface area contributed by atoms with Crippen LogP contribution in [0.1, 0.15) is 131 Å². The molecule has 0 saturated carbocycles. The van der Waals surface area contributed by atoms with E-state index in [1.165, 1.54) is 160 Å². The van der Waals surface area contributed by atoms with E-state index in [0.717, 1.165) is 48.1 Å². The van der Waals surface area contributed by atoms with Gasteiger partial charge in [0.25, 0.3) is 0 Å². The van der Waals surface area contributed by atoms with E-state index in [0.29, 0.717) is 35.2 Å². The number of pyridine rings is 4. The minimum atomic E-state index is -0.181.